The number of carboxylic acids is 1. The SMILES string of the molecule is COCCNCC(CC(Cc1ccc(-c2cc(Cl)ccc2F)cc1)NC(=O)c1cn[nH]n1)C(=O)O. The lowest BCUT2D eigenvalue weighted by Crippen LogP contribution is -2.41. The number of rotatable bonds is 13. The minimum Gasteiger partial charge on any atom is -0.481 e. The standard InChI is InChI=1S/C24H27ClFN5O4/c1-35-9-8-27-13-17(24(33)34)11-19(29-23(32)22-14-28-31-30-22)10-15-2-4-16(5-3-15)20-12-18(25)6-7-21(20)26/h2-7,12,14,17,19,27H,8-11,13H2,1H3,(H,29,32)(H,33,34)(H,28,30,31). The summed E-state index contributed by atoms with van der Waals surface area (Å²) in [6.45, 7) is 1.19. The van der Waals surface area contributed by atoms with Gasteiger partial charge in [0, 0.05) is 36.8 Å². The third kappa shape index (κ3) is 7.84. The normalized spacial score (nSPS) is 12.8. The lowest BCUT2D eigenvalue weighted by molar-refractivity contribution is -0.142. The van der Waals surface area contributed by atoms with Crippen molar-refractivity contribution in [2.75, 3.05) is 26.8 Å². The molecule has 3 aromatic rings. The van der Waals surface area contributed by atoms with Crippen LogP contribution in [-0.2, 0) is 16.0 Å². The Kier molecular flexibility index (Phi) is 9.71. The number of hydrogen-bond acceptors (Lipinski definition) is 6. The number of amides is 1. The molecule has 1 aromatic heterocycles. The van der Waals surface area contributed by atoms with E-state index in [1.807, 2.05) is 12.1 Å². The molecular formula is C24H27ClFN5O4. The lowest BCUT2D eigenvalue weighted by Gasteiger charge is -2.23. The van der Waals surface area contributed by atoms with E-state index < -0.39 is 23.8 Å². The second kappa shape index (κ2) is 12.9. The van der Waals surface area contributed by atoms with Gasteiger partial charge in [0.2, 0.25) is 0 Å². The van der Waals surface area contributed by atoms with Crippen molar-refractivity contribution in [1.29, 1.82) is 0 Å². The van der Waals surface area contributed by atoms with Crippen LogP contribution in [0, 0.1) is 11.7 Å². The molecule has 9 nitrogen and oxygen atoms in total. The van der Waals surface area contributed by atoms with Crippen molar-refractivity contribution in [3.63, 3.8) is 0 Å². The number of H-pyrrole nitrogens is 1. The van der Waals surface area contributed by atoms with Crippen molar-refractivity contribution in [2.24, 2.45) is 5.92 Å². The van der Waals surface area contributed by atoms with Gasteiger partial charge in [-0.05, 0) is 42.2 Å². The van der Waals surface area contributed by atoms with Gasteiger partial charge in [0.25, 0.3) is 5.91 Å². The highest BCUT2D eigenvalue weighted by molar-refractivity contribution is 6.30. The van der Waals surface area contributed by atoms with Gasteiger partial charge in [-0.15, -0.1) is 0 Å². The van der Waals surface area contributed by atoms with Crippen LogP contribution < -0.4 is 10.6 Å². The summed E-state index contributed by atoms with van der Waals surface area (Å²) < 4.78 is 19.2. The van der Waals surface area contributed by atoms with Gasteiger partial charge in [0.05, 0.1) is 18.7 Å². The van der Waals surface area contributed by atoms with E-state index in [4.69, 9.17) is 16.3 Å². The van der Waals surface area contributed by atoms with Crippen LogP contribution in [0.5, 0.6) is 0 Å². The third-order valence-corrected chi connectivity index (χ3v) is 5.69. The molecule has 2 atom stereocenters. The molecule has 0 saturated carbocycles. The zero-order chi connectivity index (χ0) is 25.2. The molecule has 2 unspecified atom stereocenters. The highest BCUT2D eigenvalue weighted by atomic mass is 35.5. The van der Waals surface area contributed by atoms with Crippen molar-refractivity contribution in [2.45, 2.75) is 18.9 Å². The summed E-state index contributed by atoms with van der Waals surface area (Å²) in [4.78, 5) is 24.5. The maximum absolute atomic E-state index is 14.2. The van der Waals surface area contributed by atoms with E-state index in [2.05, 4.69) is 26.0 Å². The van der Waals surface area contributed by atoms with E-state index in [0.717, 1.165) is 5.56 Å². The number of aliphatic carboxylic acids is 1. The lowest BCUT2D eigenvalue weighted by atomic mass is 9.93. The summed E-state index contributed by atoms with van der Waals surface area (Å²) in [6.07, 6.45) is 1.84. The molecule has 0 saturated heterocycles. The summed E-state index contributed by atoms with van der Waals surface area (Å²) >= 11 is 6.01. The Morgan fingerprint density at radius 1 is 1.23 bits per heavy atom. The van der Waals surface area contributed by atoms with Gasteiger partial charge in [-0.25, -0.2) is 4.39 Å². The maximum Gasteiger partial charge on any atom is 0.307 e. The molecule has 0 aliphatic heterocycles. The fraction of sp³-hybridized carbons (Fsp3) is 0.333. The molecule has 0 radical (unpaired) electrons. The number of carbonyl (C=O) groups is 2. The Morgan fingerprint density at radius 3 is 2.66 bits per heavy atom. The highest BCUT2D eigenvalue weighted by Gasteiger charge is 2.25. The predicted octanol–water partition coefficient (Wildman–Crippen LogP) is 2.93. The Hall–Kier alpha value is -3.34. The van der Waals surface area contributed by atoms with Gasteiger partial charge in [0.15, 0.2) is 5.69 Å². The van der Waals surface area contributed by atoms with Crippen LogP contribution in [0.2, 0.25) is 5.02 Å². The number of benzene rings is 2. The zero-order valence-electron chi connectivity index (χ0n) is 19.1. The van der Waals surface area contributed by atoms with Crippen molar-refractivity contribution in [3.05, 3.63) is 70.8 Å². The Balaban J connectivity index is 1.75. The molecule has 0 aliphatic rings. The topological polar surface area (TPSA) is 129 Å². The van der Waals surface area contributed by atoms with Crippen molar-refractivity contribution in [1.82, 2.24) is 26.0 Å². The van der Waals surface area contributed by atoms with Crippen LogP contribution in [0.15, 0.2) is 48.7 Å². The smallest absolute Gasteiger partial charge is 0.307 e. The van der Waals surface area contributed by atoms with Crippen molar-refractivity contribution >= 4 is 23.5 Å². The monoisotopic (exact) mass is 503 g/mol. The molecule has 0 aliphatic carbocycles. The molecule has 35 heavy (non-hydrogen) atoms. The van der Waals surface area contributed by atoms with Crippen molar-refractivity contribution in [3.8, 4) is 11.1 Å². The van der Waals surface area contributed by atoms with E-state index in [0.29, 0.717) is 35.7 Å². The largest absolute Gasteiger partial charge is 0.481 e. The van der Waals surface area contributed by atoms with E-state index in [-0.39, 0.29) is 24.5 Å². The number of ether oxygens (including phenoxy) is 1. The van der Waals surface area contributed by atoms with E-state index in [9.17, 15) is 19.1 Å². The molecule has 4 N–H and O–H groups in total. The molecule has 1 amide bonds. The van der Waals surface area contributed by atoms with Gasteiger partial charge < -0.3 is 20.5 Å². The van der Waals surface area contributed by atoms with Gasteiger partial charge in [-0.3, -0.25) is 9.59 Å². The average molecular weight is 504 g/mol. The number of hydrogen-bond donors (Lipinski definition) is 4. The zero-order valence-corrected chi connectivity index (χ0v) is 19.9. The first-order chi connectivity index (χ1) is 16.9. The summed E-state index contributed by atoms with van der Waals surface area (Å²) in [6, 6.07) is 11.0. The third-order valence-electron chi connectivity index (χ3n) is 5.45. The maximum atomic E-state index is 14.2. The minimum absolute atomic E-state index is 0.104. The fourth-order valence-corrected chi connectivity index (χ4v) is 3.82. The second-order valence-electron chi connectivity index (χ2n) is 8.02. The summed E-state index contributed by atoms with van der Waals surface area (Å²) in [5.41, 5.74) is 1.99. The quantitative estimate of drug-likeness (QED) is 0.264. The molecule has 0 spiro atoms. The molecule has 0 fully saturated rings. The number of halogens is 2. The van der Waals surface area contributed by atoms with Gasteiger partial charge in [-0.2, -0.15) is 15.4 Å². The Bertz CT molecular complexity index is 1110. The molecular weight excluding hydrogens is 477 g/mol. The van der Waals surface area contributed by atoms with Gasteiger partial charge in [0.1, 0.15) is 5.82 Å². The van der Waals surface area contributed by atoms with Crippen LogP contribution >= 0.6 is 11.6 Å². The minimum atomic E-state index is -0.970. The number of nitrogens with one attached hydrogen (secondary N) is 3. The van der Waals surface area contributed by atoms with E-state index in [1.54, 1.807) is 25.3 Å². The number of nitrogens with zero attached hydrogens (tertiary/aromatic N) is 2. The molecule has 3 rings (SSSR count). The summed E-state index contributed by atoms with van der Waals surface area (Å²) in [5.74, 6) is -2.56. The molecule has 1 heterocycles. The Labute approximate surface area is 207 Å². The number of aromatic amines is 1. The van der Waals surface area contributed by atoms with Crippen LogP contribution in [0.25, 0.3) is 11.1 Å². The first-order valence-corrected chi connectivity index (χ1v) is 11.4. The van der Waals surface area contributed by atoms with Gasteiger partial charge in [-0.1, -0.05) is 35.9 Å². The van der Waals surface area contributed by atoms with E-state index in [1.165, 1.54) is 18.3 Å². The van der Waals surface area contributed by atoms with Gasteiger partial charge >= 0.3 is 5.97 Å². The van der Waals surface area contributed by atoms with Crippen molar-refractivity contribution < 1.29 is 23.8 Å². The number of aromatic nitrogens is 3. The molecule has 2 aromatic carbocycles. The van der Waals surface area contributed by atoms with E-state index >= 15 is 0 Å². The summed E-state index contributed by atoms with van der Waals surface area (Å²) in [7, 11) is 1.57. The van der Waals surface area contributed by atoms with Crippen LogP contribution in [0.4, 0.5) is 4.39 Å². The average Bonchev–Trinajstić information content (AvgIpc) is 3.38. The first-order valence-electron chi connectivity index (χ1n) is 11.0. The number of carboxylic acid groups (broad SMARTS) is 1. The number of methoxy groups -OCH3 is 1. The molecule has 0 bridgehead atoms. The molecule has 186 valence electrons. The van der Waals surface area contributed by atoms with Crippen LogP contribution in [-0.4, -0.2) is 65.2 Å². The van der Waals surface area contributed by atoms with Crippen LogP contribution in [0.3, 0.4) is 0 Å². The highest BCUT2D eigenvalue weighted by Crippen LogP contribution is 2.26. The summed E-state index contributed by atoms with van der Waals surface area (Å²) in [5, 5.41) is 25.9. The number of carbonyl (C=O) groups excluding carboxylic acids is 1. The van der Waals surface area contributed by atoms with Crippen LogP contribution in [0.1, 0.15) is 22.5 Å². The first kappa shape index (κ1) is 26.3. The second-order valence-corrected chi connectivity index (χ2v) is 8.46. The predicted molar refractivity (Wildman–Crippen MR) is 129 cm³/mol. The molecule has 11 heteroatoms. The fourth-order valence-electron chi connectivity index (χ4n) is 3.65. The Morgan fingerprint density at radius 2 is 2.00 bits per heavy atom.